The third-order valence-electron chi connectivity index (χ3n) is 1.68. The van der Waals surface area contributed by atoms with Crippen LogP contribution in [0.5, 0.6) is 0 Å². The van der Waals surface area contributed by atoms with Crippen LogP contribution in [0.3, 0.4) is 0 Å². The Hall–Kier alpha value is -1.31. The lowest BCUT2D eigenvalue weighted by Gasteiger charge is -2.07. The maximum absolute atomic E-state index is 7.80. The lowest BCUT2D eigenvalue weighted by molar-refractivity contribution is 0.279. The van der Waals surface area contributed by atoms with Gasteiger partial charge in [-0.1, -0.05) is 18.1 Å². The van der Waals surface area contributed by atoms with Crippen LogP contribution in [0, 0.1) is 0 Å². The van der Waals surface area contributed by atoms with Crippen LogP contribution in [-0.4, -0.2) is 18.0 Å². The van der Waals surface area contributed by atoms with E-state index < -0.39 is 11.6 Å². The molecular formula is C11H13NO. The van der Waals surface area contributed by atoms with Gasteiger partial charge in [0.25, 0.3) is 0 Å². The van der Waals surface area contributed by atoms with Gasteiger partial charge in [0.05, 0.1) is 12.4 Å². The predicted octanol–water partition coefficient (Wildman–Crippen LogP) is 2.24. The van der Waals surface area contributed by atoms with Crippen molar-refractivity contribution in [2.75, 3.05) is 6.61 Å². The van der Waals surface area contributed by atoms with Crippen molar-refractivity contribution >= 4 is 5.90 Å². The van der Waals surface area contributed by atoms with E-state index in [9.17, 15) is 0 Å². The second kappa shape index (κ2) is 2.87. The van der Waals surface area contributed by atoms with Crippen LogP contribution in [-0.2, 0) is 4.74 Å². The maximum Gasteiger partial charge on any atom is 0.216 e. The largest absolute Gasteiger partial charge is 0.475 e. The number of rotatable bonds is 1. The number of benzene rings is 1. The number of aliphatic imine (C=N–C) groups is 1. The van der Waals surface area contributed by atoms with E-state index >= 15 is 0 Å². The summed E-state index contributed by atoms with van der Waals surface area (Å²) in [6.45, 7) is 4.05. The van der Waals surface area contributed by atoms with E-state index in [-0.39, 0.29) is 35.6 Å². The number of hydrogen-bond donors (Lipinski definition) is 0. The highest BCUT2D eigenvalue weighted by molar-refractivity contribution is 5.95. The summed E-state index contributed by atoms with van der Waals surface area (Å²) in [4.78, 5) is 4.25. The topological polar surface area (TPSA) is 21.6 Å². The molecule has 0 N–H and O–H groups in total. The van der Waals surface area contributed by atoms with Crippen LogP contribution in [0.15, 0.2) is 35.2 Å². The summed E-state index contributed by atoms with van der Waals surface area (Å²) in [5.41, 5.74) is -0.398. The first-order chi connectivity index (χ1) is 8.24. The van der Waals surface area contributed by atoms with Gasteiger partial charge in [0, 0.05) is 5.56 Å². The van der Waals surface area contributed by atoms with Crippen LogP contribution in [0.25, 0.3) is 0 Å². The quantitative estimate of drug-likeness (QED) is 0.649. The normalized spacial score (nSPS) is 24.8. The van der Waals surface area contributed by atoms with Gasteiger partial charge in [0.2, 0.25) is 5.90 Å². The fourth-order valence-corrected chi connectivity index (χ4v) is 1.07. The molecule has 0 fully saturated rings. The molecule has 2 rings (SSSR count). The zero-order valence-electron chi connectivity index (χ0n) is 12.6. The molecular weight excluding hydrogens is 162 g/mol. The summed E-state index contributed by atoms with van der Waals surface area (Å²) >= 11 is 0. The standard InChI is InChI=1S/C11H13NO/c1-11(2)8-13-10(12-11)9-6-4-3-5-7-9/h3-7H,8H2,1-2H3/i3D,4D,5D,6D,7D. The van der Waals surface area contributed by atoms with E-state index in [0.717, 1.165) is 0 Å². The summed E-state index contributed by atoms with van der Waals surface area (Å²) in [5.74, 6) is 0.122. The van der Waals surface area contributed by atoms with Gasteiger partial charge in [-0.05, 0) is 25.9 Å². The van der Waals surface area contributed by atoms with Crippen LogP contribution in [0.2, 0.25) is 0 Å². The van der Waals surface area contributed by atoms with Gasteiger partial charge in [0.1, 0.15) is 6.61 Å². The molecule has 0 aromatic heterocycles. The SMILES string of the molecule is [2H]c1c([2H])c([2H])c(C2=NC(C)(C)CO2)c([2H])c1[2H]. The maximum atomic E-state index is 7.80. The fraction of sp³-hybridized carbons (Fsp3) is 0.364. The molecule has 1 aliphatic rings. The van der Waals surface area contributed by atoms with Crippen LogP contribution < -0.4 is 0 Å². The highest BCUT2D eigenvalue weighted by Gasteiger charge is 2.26. The van der Waals surface area contributed by atoms with Crippen molar-refractivity contribution in [2.45, 2.75) is 19.4 Å². The third-order valence-corrected chi connectivity index (χ3v) is 1.68. The zero-order valence-corrected chi connectivity index (χ0v) is 7.56. The molecule has 0 radical (unpaired) electrons. The molecule has 2 heteroatoms. The van der Waals surface area contributed by atoms with Crippen molar-refractivity contribution in [1.82, 2.24) is 0 Å². The molecule has 0 spiro atoms. The second-order valence-electron chi connectivity index (χ2n) is 3.52. The van der Waals surface area contributed by atoms with Crippen molar-refractivity contribution in [3.63, 3.8) is 0 Å². The van der Waals surface area contributed by atoms with Gasteiger partial charge in [-0.2, -0.15) is 0 Å². The van der Waals surface area contributed by atoms with Gasteiger partial charge >= 0.3 is 0 Å². The van der Waals surface area contributed by atoms with E-state index in [1.54, 1.807) is 0 Å². The molecule has 1 heterocycles. The molecule has 1 aromatic rings. The first-order valence-corrected chi connectivity index (χ1v) is 4.04. The molecule has 68 valence electrons. The highest BCUT2D eigenvalue weighted by atomic mass is 16.5. The van der Waals surface area contributed by atoms with Gasteiger partial charge < -0.3 is 4.74 Å². The lowest BCUT2D eigenvalue weighted by atomic mass is 10.1. The molecule has 1 aliphatic heterocycles. The zero-order chi connectivity index (χ0) is 13.7. The summed E-state index contributed by atoms with van der Waals surface area (Å²) in [7, 11) is 0. The van der Waals surface area contributed by atoms with Gasteiger partial charge in [-0.3, -0.25) is 0 Å². The van der Waals surface area contributed by atoms with Crippen molar-refractivity contribution < 1.29 is 11.6 Å². The summed E-state index contributed by atoms with van der Waals surface area (Å²) in [6, 6.07) is -1.72. The van der Waals surface area contributed by atoms with Crippen molar-refractivity contribution in [2.24, 2.45) is 4.99 Å². The molecule has 0 bridgehead atoms. The van der Waals surface area contributed by atoms with E-state index in [2.05, 4.69) is 4.99 Å². The molecule has 0 aliphatic carbocycles. The fourth-order valence-electron chi connectivity index (χ4n) is 1.07. The molecule has 0 unspecified atom stereocenters. The molecule has 0 saturated carbocycles. The van der Waals surface area contributed by atoms with Crippen molar-refractivity contribution in [3.05, 3.63) is 35.8 Å². The Morgan fingerprint density at radius 2 is 2.08 bits per heavy atom. The average molecular weight is 180 g/mol. The first kappa shape index (κ1) is 4.27. The van der Waals surface area contributed by atoms with Gasteiger partial charge in [-0.25, -0.2) is 4.99 Å². The van der Waals surface area contributed by atoms with Crippen molar-refractivity contribution in [3.8, 4) is 0 Å². The number of nitrogens with zero attached hydrogens (tertiary/aromatic N) is 1. The molecule has 0 amide bonds. The first-order valence-electron chi connectivity index (χ1n) is 6.54. The van der Waals surface area contributed by atoms with Crippen LogP contribution in [0.1, 0.15) is 26.3 Å². The minimum atomic E-state index is -0.432. The van der Waals surface area contributed by atoms with E-state index in [0.29, 0.717) is 6.61 Å². The smallest absolute Gasteiger partial charge is 0.216 e. The minimum Gasteiger partial charge on any atom is -0.475 e. The number of ether oxygens (including phenoxy) is 1. The van der Waals surface area contributed by atoms with E-state index in [1.165, 1.54) is 0 Å². The van der Waals surface area contributed by atoms with Crippen LogP contribution >= 0.6 is 0 Å². The predicted molar refractivity (Wildman–Crippen MR) is 53.0 cm³/mol. The Morgan fingerprint density at radius 1 is 1.38 bits per heavy atom. The Bertz CT molecular complexity index is 524. The molecule has 0 saturated heterocycles. The van der Waals surface area contributed by atoms with Gasteiger partial charge in [-0.15, -0.1) is 0 Å². The molecule has 13 heavy (non-hydrogen) atoms. The van der Waals surface area contributed by atoms with Crippen LogP contribution in [0.4, 0.5) is 0 Å². The second-order valence-corrected chi connectivity index (χ2v) is 3.52. The Balaban J connectivity index is 2.67. The summed E-state index contributed by atoms with van der Waals surface area (Å²) in [6.07, 6.45) is 0. The molecule has 2 nitrogen and oxygen atoms in total. The average Bonchev–Trinajstić information content (AvgIpc) is 2.64. The Morgan fingerprint density at radius 3 is 2.62 bits per heavy atom. The van der Waals surface area contributed by atoms with Gasteiger partial charge in [0.15, 0.2) is 0 Å². The highest BCUT2D eigenvalue weighted by Crippen LogP contribution is 2.20. The monoisotopic (exact) mass is 180 g/mol. The Kier molecular flexibility index (Phi) is 0.944. The Labute approximate surface area is 85.3 Å². The van der Waals surface area contributed by atoms with Crippen molar-refractivity contribution in [1.29, 1.82) is 0 Å². The summed E-state index contributed by atoms with van der Waals surface area (Å²) in [5, 5.41) is 0. The molecule has 1 aromatic carbocycles. The van der Waals surface area contributed by atoms with E-state index in [1.807, 2.05) is 13.8 Å². The van der Waals surface area contributed by atoms with E-state index in [4.69, 9.17) is 11.6 Å². The number of hydrogen-bond acceptors (Lipinski definition) is 2. The third kappa shape index (κ3) is 1.72. The minimum absolute atomic E-state index is 0.0339. The summed E-state index contributed by atoms with van der Waals surface area (Å²) < 4.78 is 43.6. The molecule has 0 atom stereocenters. The lowest BCUT2D eigenvalue weighted by Crippen LogP contribution is -2.17.